The topological polar surface area (TPSA) is 75.9 Å². The molecule has 0 aliphatic heterocycles. The smallest absolute Gasteiger partial charge is 0.239 e. The summed E-state index contributed by atoms with van der Waals surface area (Å²) in [5, 5.41) is 2.42. The van der Waals surface area contributed by atoms with Gasteiger partial charge >= 0.3 is 0 Å². The third kappa shape index (κ3) is 2.91. The summed E-state index contributed by atoms with van der Waals surface area (Å²) in [5.41, 5.74) is 2.26. The lowest BCUT2D eigenvalue weighted by molar-refractivity contribution is 0.548. The number of halogens is 3. The molecule has 1 aromatic carbocycles. The monoisotopic (exact) mass is 269 g/mol. The highest BCUT2D eigenvalue weighted by atomic mass is 19.1. The molecule has 4 N–H and O–H groups in total. The van der Waals surface area contributed by atoms with Crippen LogP contribution < -0.4 is 16.6 Å². The number of nitrogen functional groups attached to an aromatic ring is 1. The number of hydrogen-bond donors (Lipinski definition) is 3. The number of hydrogen-bond acceptors (Lipinski definition) is 5. The van der Waals surface area contributed by atoms with Crippen LogP contribution in [0.3, 0.4) is 0 Å². The molecule has 0 bridgehead atoms. The second-order valence-corrected chi connectivity index (χ2v) is 3.73. The quantitative estimate of drug-likeness (QED) is 0.588. The Morgan fingerprint density at radius 2 is 1.68 bits per heavy atom. The first-order valence-electron chi connectivity index (χ1n) is 5.23. The van der Waals surface area contributed by atoms with Crippen molar-refractivity contribution < 1.29 is 13.2 Å². The Morgan fingerprint density at radius 3 is 2.26 bits per heavy atom. The lowest BCUT2D eigenvalue weighted by Gasteiger charge is -2.10. The van der Waals surface area contributed by atoms with Gasteiger partial charge in [-0.05, 0) is 6.92 Å². The van der Waals surface area contributed by atoms with Gasteiger partial charge in [0.1, 0.15) is 17.3 Å². The van der Waals surface area contributed by atoms with Gasteiger partial charge in [-0.2, -0.15) is 4.98 Å². The lowest BCUT2D eigenvalue weighted by Crippen LogP contribution is -2.12. The number of rotatable bonds is 3. The normalized spacial score (nSPS) is 10.4. The van der Waals surface area contributed by atoms with Crippen LogP contribution in [0.1, 0.15) is 5.69 Å². The molecule has 0 radical (unpaired) electrons. The summed E-state index contributed by atoms with van der Waals surface area (Å²) < 4.78 is 39.7. The highest BCUT2D eigenvalue weighted by Gasteiger charge is 2.12. The van der Waals surface area contributed by atoms with Gasteiger partial charge in [0.05, 0.1) is 0 Å². The zero-order valence-electron chi connectivity index (χ0n) is 9.84. The Labute approximate surface area is 106 Å². The predicted octanol–water partition coefficient (Wildman–Crippen LogP) is 2.23. The SMILES string of the molecule is Cc1cc(Nc2c(F)cc(F)cc2F)nc(NN)n1. The first kappa shape index (κ1) is 13.1. The van der Waals surface area contributed by atoms with Crippen LogP contribution in [-0.2, 0) is 0 Å². The molecule has 0 saturated heterocycles. The zero-order chi connectivity index (χ0) is 14.0. The third-order valence-corrected chi connectivity index (χ3v) is 2.24. The van der Waals surface area contributed by atoms with E-state index in [0.717, 1.165) is 0 Å². The maximum absolute atomic E-state index is 13.5. The summed E-state index contributed by atoms with van der Waals surface area (Å²) in [4.78, 5) is 7.78. The molecule has 0 unspecified atom stereocenters. The van der Waals surface area contributed by atoms with E-state index in [1.165, 1.54) is 6.07 Å². The standard InChI is InChI=1S/C11H10F3N5/c1-5-2-9(18-11(16-5)19-15)17-10-7(13)3-6(12)4-8(10)14/h2-4H,15H2,1H3,(H2,16,17,18,19). The van der Waals surface area contributed by atoms with Crippen LogP contribution in [0.15, 0.2) is 18.2 Å². The Kier molecular flexibility index (Phi) is 3.52. The number of anilines is 3. The van der Waals surface area contributed by atoms with Crippen molar-refractivity contribution in [2.24, 2.45) is 5.84 Å². The van der Waals surface area contributed by atoms with Gasteiger partial charge < -0.3 is 5.32 Å². The molecule has 19 heavy (non-hydrogen) atoms. The summed E-state index contributed by atoms with van der Waals surface area (Å²) >= 11 is 0. The molecule has 0 amide bonds. The van der Waals surface area contributed by atoms with E-state index in [-0.39, 0.29) is 11.8 Å². The minimum atomic E-state index is -1.06. The average Bonchev–Trinajstić information content (AvgIpc) is 2.33. The number of aromatic nitrogens is 2. The Balaban J connectivity index is 2.39. The molecule has 0 fully saturated rings. The number of nitrogens with one attached hydrogen (secondary N) is 2. The molecule has 0 aliphatic rings. The molecular formula is C11H10F3N5. The molecular weight excluding hydrogens is 259 g/mol. The van der Waals surface area contributed by atoms with Crippen molar-refractivity contribution in [1.29, 1.82) is 0 Å². The largest absolute Gasteiger partial charge is 0.335 e. The molecule has 0 aliphatic carbocycles. The second kappa shape index (κ2) is 5.11. The van der Waals surface area contributed by atoms with E-state index in [4.69, 9.17) is 5.84 Å². The Hall–Kier alpha value is -2.35. The van der Waals surface area contributed by atoms with Crippen molar-refractivity contribution in [3.05, 3.63) is 41.3 Å². The van der Waals surface area contributed by atoms with Gasteiger partial charge in [-0.25, -0.2) is 24.0 Å². The van der Waals surface area contributed by atoms with Crippen molar-refractivity contribution >= 4 is 17.5 Å². The van der Waals surface area contributed by atoms with Crippen LogP contribution in [0, 0.1) is 24.4 Å². The van der Waals surface area contributed by atoms with Crippen molar-refractivity contribution in [2.75, 3.05) is 10.7 Å². The molecule has 0 spiro atoms. The van der Waals surface area contributed by atoms with E-state index in [0.29, 0.717) is 17.8 Å². The van der Waals surface area contributed by atoms with E-state index in [1.807, 2.05) is 0 Å². The van der Waals surface area contributed by atoms with Crippen LogP contribution in [0.4, 0.5) is 30.6 Å². The third-order valence-electron chi connectivity index (χ3n) is 2.24. The van der Waals surface area contributed by atoms with Crippen LogP contribution in [0.25, 0.3) is 0 Å². The van der Waals surface area contributed by atoms with Gasteiger partial charge in [0.15, 0.2) is 11.6 Å². The van der Waals surface area contributed by atoms with E-state index < -0.39 is 23.1 Å². The summed E-state index contributed by atoms with van der Waals surface area (Å²) in [5.74, 6) is 2.26. The fourth-order valence-corrected chi connectivity index (χ4v) is 1.49. The number of hydrazine groups is 1. The molecule has 1 heterocycles. The van der Waals surface area contributed by atoms with Gasteiger partial charge in [0.2, 0.25) is 5.95 Å². The predicted molar refractivity (Wildman–Crippen MR) is 64.2 cm³/mol. The van der Waals surface area contributed by atoms with Crippen molar-refractivity contribution in [3.63, 3.8) is 0 Å². The minimum absolute atomic E-state index is 0.0884. The highest BCUT2D eigenvalue weighted by Crippen LogP contribution is 2.24. The van der Waals surface area contributed by atoms with E-state index in [9.17, 15) is 13.2 Å². The molecule has 100 valence electrons. The van der Waals surface area contributed by atoms with E-state index in [2.05, 4.69) is 20.7 Å². The van der Waals surface area contributed by atoms with Crippen molar-refractivity contribution in [3.8, 4) is 0 Å². The van der Waals surface area contributed by atoms with Gasteiger partial charge in [-0.1, -0.05) is 0 Å². The summed E-state index contributed by atoms with van der Waals surface area (Å²) in [7, 11) is 0. The molecule has 2 rings (SSSR count). The number of nitrogens with zero attached hydrogens (tertiary/aromatic N) is 2. The fourth-order valence-electron chi connectivity index (χ4n) is 1.49. The average molecular weight is 269 g/mol. The van der Waals surface area contributed by atoms with Gasteiger partial charge in [-0.3, -0.25) is 5.43 Å². The van der Waals surface area contributed by atoms with Crippen molar-refractivity contribution in [2.45, 2.75) is 6.92 Å². The first-order chi connectivity index (χ1) is 8.99. The molecule has 0 atom stereocenters. The summed E-state index contributed by atoms with van der Waals surface area (Å²) in [6.45, 7) is 1.66. The summed E-state index contributed by atoms with van der Waals surface area (Å²) in [6, 6.07) is 2.60. The Bertz CT molecular complexity index is 594. The molecule has 1 aromatic heterocycles. The second-order valence-electron chi connectivity index (χ2n) is 3.73. The molecule has 8 heteroatoms. The Morgan fingerprint density at radius 1 is 1.05 bits per heavy atom. The highest BCUT2D eigenvalue weighted by molar-refractivity contribution is 5.59. The van der Waals surface area contributed by atoms with Crippen molar-refractivity contribution in [1.82, 2.24) is 9.97 Å². The van der Waals surface area contributed by atoms with Gasteiger partial charge in [0.25, 0.3) is 0 Å². The maximum Gasteiger partial charge on any atom is 0.239 e. The van der Waals surface area contributed by atoms with E-state index in [1.54, 1.807) is 6.92 Å². The fraction of sp³-hybridized carbons (Fsp3) is 0.0909. The van der Waals surface area contributed by atoms with Gasteiger partial charge in [0, 0.05) is 23.9 Å². The number of aryl methyl sites for hydroxylation is 1. The molecule has 2 aromatic rings. The van der Waals surface area contributed by atoms with Crippen LogP contribution >= 0.6 is 0 Å². The summed E-state index contributed by atoms with van der Waals surface area (Å²) in [6.07, 6.45) is 0. The number of benzene rings is 1. The maximum atomic E-state index is 13.5. The zero-order valence-corrected chi connectivity index (χ0v) is 9.84. The van der Waals surface area contributed by atoms with Crippen LogP contribution in [0.5, 0.6) is 0 Å². The molecule has 5 nitrogen and oxygen atoms in total. The number of nitrogens with two attached hydrogens (primary N) is 1. The van der Waals surface area contributed by atoms with Gasteiger partial charge in [-0.15, -0.1) is 0 Å². The van der Waals surface area contributed by atoms with Crippen LogP contribution in [-0.4, -0.2) is 9.97 Å². The molecule has 0 saturated carbocycles. The van der Waals surface area contributed by atoms with E-state index >= 15 is 0 Å². The lowest BCUT2D eigenvalue weighted by atomic mass is 10.2. The first-order valence-corrected chi connectivity index (χ1v) is 5.23. The van der Waals surface area contributed by atoms with Crippen LogP contribution in [0.2, 0.25) is 0 Å². The minimum Gasteiger partial charge on any atom is -0.335 e.